The highest BCUT2D eigenvalue weighted by Crippen LogP contribution is 2.16. The quantitative estimate of drug-likeness (QED) is 0.785. The first-order valence-electron chi connectivity index (χ1n) is 4.54. The number of aryl methyl sites for hydroxylation is 1. The lowest BCUT2D eigenvalue weighted by atomic mass is 10.2. The number of nitrogens with two attached hydrogens (primary N) is 1. The van der Waals surface area contributed by atoms with Crippen molar-refractivity contribution in [2.24, 2.45) is 0 Å². The molecule has 1 aromatic carbocycles. The normalized spacial score (nSPS) is 10.5. The van der Waals surface area contributed by atoms with Gasteiger partial charge in [0.05, 0.1) is 5.69 Å². The van der Waals surface area contributed by atoms with Crippen LogP contribution in [0.4, 0.5) is 5.95 Å². The molecule has 4 nitrogen and oxygen atoms in total. The smallest absolute Gasteiger partial charge is 0.224 e. The minimum atomic E-state index is 0.420. The van der Waals surface area contributed by atoms with E-state index < -0.39 is 0 Å². The Morgan fingerprint density at radius 1 is 1.27 bits per heavy atom. The van der Waals surface area contributed by atoms with Crippen molar-refractivity contribution in [3.05, 3.63) is 29.8 Å². The van der Waals surface area contributed by atoms with Crippen molar-refractivity contribution in [2.75, 3.05) is 12.0 Å². The fourth-order valence-corrected chi connectivity index (χ4v) is 1.62. The molecule has 1 heterocycles. The lowest BCUT2D eigenvalue weighted by Crippen LogP contribution is -2.02. The zero-order valence-electron chi connectivity index (χ0n) is 8.64. The number of benzene rings is 1. The molecule has 0 radical (unpaired) electrons. The van der Waals surface area contributed by atoms with Crippen molar-refractivity contribution < 1.29 is 0 Å². The zero-order valence-corrected chi connectivity index (χ0v) is 9.45. The van der Waals surface area contributed by atoms with E-state index in [2.05, 4.69) is 10.1 Å². The highest BCUT2D eigenvalue weighted by atomic mass is 32.2. The van der Waals surface area contributed by atoms with Crippen molar-refractivity contribution in [2.45, 2.75) is 12.1 Å². The van der Waals surface area contributed by atoms with E-state index in [1.165, 1.54) is 17.3 Å². The van der Waals surface area contributed by atoms with Crippen LogP contribution in [0.2, 0.25) is 0 Å². The summed E-state index contributed by atoms with van der Waals surface area (Å²) in [7, 11) is 0. The van der Waals surface area contributed by atoms with Crippen LogP contribution >= 0.6 is 11.8 Å². The molecular weight excluding hydrogens is 208 g/mol. The predicted octanol–water partition coefficient (Wildman–Crippen LogP) is 1.88. The molecule has 0 unspecified atom stereocenters. The number of nitrogens with zero attached hydrogens (tertiary/aromatic N) is 3. The van der Waals surface area contributed by atoms with Crippen molar-refractivity contribution in [3.63, 3.8) is 0 Å². The fourth-order valence-electron chi connectivity index (χ4n) is 1.27. The van der Waals surface area contributed by atoms with E-state index in [0.29, 0.717) is 11.1 Å². The molecule has 0 saturated heterocycles. The van der Waals surface area contributed by atoms with Crippen LogP contribution < -0.4 is 5.73 Å². The van der Waals surface area contributed by atoms with Gasteiger partial charge in [0, 0.05) is 0 Å². The number of anilines is 1. The molecule has 2 N–H and O–H groups in total. The summed E-state index contributed by atoms with van der Waals surface area (Å²) in [5.74, 6) is 0.420. The van der Waals surface area contributed by atoms with Crippen LogP contribution in [0.3, 0.4) is 0 Å². The van der Waals surface area contributed by atoms with E-state index in [9.17, 15) is 0 Å². The Balaban J connectivity index is 2.44. The van der Waals surface area contributed by atoms with Gasteiger partial charge in [-0.2, -0.15) is 9.67 Å². The van der Waals surface area contributed by atoms with E-state index >= 15 is 0 Å². The molecule has 0 spiro atoms. The second kappa shape index (κ2) is 3.94. The Labute approximate surface area is 92.5 Å². The number of aromatic nitrogens is 3. The fraction of sp³-hybridized carbons (Fsp3) is 0.200. The van der Waals surface area contributed by atoms with Gasteiger partial charge in [-0.05, 0) is 25.3 Å². The summed E-state index contributed by atoms with van der Waals surface area (Å²) in [6.45, 7) is 2.04. The molecule has 5 heteroatoms. The zero-order chi connectivity index (χ0) is 10.8. The van der Waals surface area contributed by atoms with Gasteiger partial charge in [0.15, 0.2) is 0 Å². The van der Waals surface area contributed by atoms with Gasteiger partial charge in [0.2, 0.25) is 11.1 Å². The van der Waals surface area contributed by atoms with Crippen molar-refractivity contribution in [3.8, 4) is 5.69 Å². The largest absolute Gasteiger partial charge is 0.368 e. The number of rotatable bonds is 2. The maximum absolute atomic E-state index is 5.76. The summed E-state index contributed by atoms with van der Waals surface area (Å²) >= 11 is 1.48. The summed E-state index contributed by atoms with van der Waals surface area (Å²) in [6.07, 6.45) is 1.92. The molecular formula is C10H12N4S. The van der Waals surface area contributed by atoms with E-state index in [-0.39, 0.29) is 0 Å². The van der Waals surface area contributed by atoms with Gasteiger partial charge in [-0.1, -0.05) is 29.5 Å². The SMILES string of the molecule is CSc1nc(N)n(-c2ccc(C)cc2)n1. The lowest BCUT2D eigenvalue weighted by Gasteiger charge is -2.01. The van der Waals surface area contributed by atoms with Gasteiger partial charge in [-0.3, -0.25) is 0 Å². The lowest BCUT2D eigenvalue weighted by molar-refractivity contribution is 0.841. The maximum atomic E-state index is 5.76. The Morgan fingerprint density at radius 3 is 2.47 bits per heavy atom. The Bertz CT molecular complexity index is 461. The van der Waals surface area contributed by atoms with Crippen LogP contribution in [0, 0.1) is 6.92 Å². The monoisotopic (exact) mass is 220 g/mol. The molecule has 0 atom stereocenters. The van der Waals surface area contributed by atoms with Crippen LogP contribution in [-0.4, -0.2) is 21.0 Å². The third-order valence-electron chi connectivity index (χ3n) is 2.07. The molecule has 0 fully saturated rings. The summed E-state index contributed by atoms with van der Waals surface area (Å²) in [6, 6.07) is 8.00. The molecule has 2 aromatic rings. The van der Waals surface area contributed by atoms with Crippen LogP contribution in [0.25, 0.3) is 5.69 Å². The molecule has 0 saturated carbocycles. The Hall–Kier alpha value is -1.49. The molecule has 0 aliphatic carbocycles. The second-order valence-electron chi connectivity index (χ2n) is 3.20. The van der Waals surface area contributed by atoms with Crippen LogP contribution in [-0.2, 0) is 0 Å². The third kappa shape index (κ3) is 1.97. The number of hydrogen-bond acceptors (Lipinski definition) is 4. The van der Waals surface area contributed by atoms with Crippen molar-refractivity contribution in [1.29, 1.82) is 0 Å². The van der Waals surface area contributed by atoms with Gasteiger partial charge in [0.25, 0.3) is 0 Å². The summed E-state index contributed by atoms with van der Waals surface area (Å²) < 4.78 is 1.64. The molecule has 15 heavy (non-hydrogen) atoms. The van der Waals surface area contributed by atoms with Gasteiger partial charge in [-0.15, -0.1) is 5.10 Å². The maximum Gasteiger partial charge on any atom is 0.224 e. The summed E-state index contributed by atoms with van der Waals surface area (Å²) in [5.41, 5.74) is 7.91. The Morgan fingerprint density at radius 2 is 1.93 bits per heavy atom. The molecule has 1 aromatic heterocycles. The Kier molecular flexibility index (Phi) is 2.64. The molecule has 2 rings (SSSR count). The summed E-state index contributed by atoms with van der Waals surface area (Å²) in [5, 5.41) is 4.96. The molecule has 0 aliphatic rings. The minimum Gasteiger partial charge on any atom is -0.368 e. The standard InChI is InChI=1S/C10H12N4S/c1-7-3-5-8(6-4-7)14-9(11)12-10(13-14)15-2/h3-6H,1-2H3,(H2,11,12,13). The predicted molar refractivity (Wildman–Crippen MR) is 62.3 cm³/mol. The molecule has 0 aliphatic heterocycles. The van der Waals surface area contributed by atoms with Crippen LogP contribution in [0.1, 0.15) is 5.56 Å². The van der Waals surface area contributed by atoms with E-state index in [0.717, 1.165) is 5.69 Å². The first-order valence-corrected chi connectivity index (χ1v) is 5.77. The second-order valence-corrected chi connectivity index (χ2v) is 3.98. The first-order chi connectivity index (χ1) is 7.20. The van der Waals surface area contributed by atoms with E-state index in [1.54, 1.807) is 4.68 Å². The van der Waals surface area contributed by atoms with Crippen molar-refractivity contribution in [1.82, 2.24) is 14.8 Å². The van der Waals surface area contributed by atoms with Crippen LogP contribution in [0.15, 0.2) is 29.4 Å². The average molecular weight is 220 g/mol. The molecule has 0 amide bonds. The van der Waals surface area contributed by atoms with E-state index in [4.69, 9.17) is 5.73 Å². The van der Waals surface area contributed by atoms with E-state index in [1.807, 2.05) is 37.4 Å². The van der Waals surface area contributed by atoms with Crippen LogP contribution in [0.5, 0.6) is 0 Å². The molecule has 78 valence electrons. The topological polar surface area (TPSA) is 56.7 Å². The summed E-state index contributed by atoms with van der Waals surface area (Å²) in [4.78, 5) is 4.12. The van der Waals surface area contributed by atoms with Gasteiger partial charge in [0.1, 0.15) is 0 Å². The third-order valence-corrected chi connectivity index (χ3v) is 2.61. The number of thioether (sulfide) groups is 1. The minimum absolute atomic E-state index is 0.420. The van der Waals surface area contributed by atoms with Gasteiger partial charge in [-0.25, -0.2) is 0 Å². The van der Waals surface area contributed by atoms with Crippen molar-refractivity contribution >= 4 is 17.7 Å². The average Bonchev–Trinajstić information content (AvgIpc) is 2.61. The number of nitrogen functional groups attached to an aromatic ring is 1. The first kappa shape index (κ1) is 10.0. The molecule has 0 bridgehead atoms. The highest BCUT2D eigenvalue weighted by Gasteiger charge is 2.06. The van der Waals surface area contributed by atoms with Gasteiger partial charge >= 0.3 is 0 Å². The number of hydrogen-bond donors (Lipinski definition) is 1. The highest BCUT2D eigenvalue weighted by molar-refractivity contribution is 7.98. The van der Waals surface area contributed by atoms with Gasteiger partial charge < -0.3 is 5.73 Å².